The number of rotatable bonds is 9. The Morgan fingerprint density at radius 2 is 2.00 bits per heavy atom. The van der Waals surface area contributed by atoms with E-state index < -0.39 is 5.25 Å². The first-order valence-electron chi connectivity index (χ1n) is 9.95. The van der Waals surface area contributed by atoms with E-state index in [0.29, 0.717) is 33.3 Å². The lowest BCUT2D eigenvalue weighted by molar-refractivity contribution is -0.120. The maximum Gasteiger partial charge on any atom is 0.233 e. The average molecular weight is 491 g/mol. The molecule has 3 aromatic rings. The van der Waals surface area contributed by atoms with Gasteiger partial charge in [-0.15, -0.1) is 16.8 Å². The number of benzene rings is 2. The van der Waals surface area contributed by atoms with Gasteiger partial charge in [-0.25, -0.2) is 0 Å². The van der Waals surface area contributed by atoms with Crippen molar-refractivity contribution in [2.24, 2.45) is 0 Å². The molecule has 0 radical (unpaired) electrons. The van der Waals surface area contributed by atoms with Gasteiger partial charge < -0.3 is 10.1 Å². The number of hydrogen-bond acceptors (Lipinski definition) is 5. The molecular weight excluding hydrogens is 467 g/mol. The van der Waals surface area contributed by atoms with Crippen molar-refractivity contribution >= 4 is 40.9 Å². The Hall–Kier alpha value is -2.48. The lowest BCUT2D eigenvalue weighted by atomic mass is 10.1. The summed E-state index contributed by atoms with van der Waals surface area (Å²) >= 11 is 13.6. The van der Waals surface area contributed by atoms with Gasteiger partial charge in [-0.1, -0.05) is 59.2 Å². The van der Waals surface area contributed by atoms with Crippen LogP contribution in [0, 0.1) is 0 Å². The lowest BCUT2D eigenvalue weighted by Crippen LogP contribution is -2.33. The SMILES string of the molecule is C=CCn1c(SC(C)C(=O)NC(C)c2ccc(Cl)cc2Cl)nnc1-c1ccccc1OC. The molecule has 0 spiro atoms. The van der Waals surface area contributed by atoms with Gasteiger partial charge in [-0.05, 0) is 43.7 Å². The van der Waals surface area contributed by atoms with Gasteiger partial charge in [-0.3, -0.25) is 9.36 Å². The third kappa shape index (κ3) is 5.46. The molecule has 0 saturated carbocycles. The maximum absolute atomic E-state index is 12.9. The Bertz CT molecular complexity index is 1120. The fraction of sp³-hybridized carbons (Fsp3) is 0.261. The molecule has 1 aromatic heterocycles. The molecule has 3 rings (SSSR count). The summed E-state index contributed by atoms with van der Waals surface area (Å²) < 4.78 is 7.38. The predicted molar refractivity (Wildman–Crippen MR) is 131 cm³/mol. The second-order valence-corrected chi connectivity index (χ2v) is 9.21. The van der Waals surface area contributed by atoms with Crippen LogP contribution in [0.3, 0.4) is 0 Å². The number of ether oxygens (including phenoxy) is 1. The number of para-hydroxylation sites is 1. The molecule has 0 aliphatic heterocycles. The number of aromatic nitrogens is 3. The van der Waals surface area contributed by atoms with Crippen molar-refractivity contribution in [1.29, 1.82) is 0 Å². The van der Waals surface area contributed by atoms with E-state index >= 15 is 0 Å². The summed E-state index contributed by atoms with van der Waals surface area (Å²) in [5.41, 5.74) is 1.62. The summed E-state index contributed by atoms with van der Waals surface area (Å²) in [4.78, 5) is 12.9. The molecule has 0 bridgehead atoms. The van der Waals surface area contributed by atoms with Gasteiger partial charge in [0.1, 0.15) is 5.75 Å². The van der Waals surface area contributed by atoms with E-state index in [-0.39, 0.29) is 11.9 Å². The van der Waals surface area contributed by atoms with Gasteiger partial charge in [0.2, 0.25) is 5.91 Å². The molecule has 2 atom stereocenters. The molecule has 1 N–H and O–H groups in total. The van der Waals surface area contributed by atoms with Gasteiger partial charge in [0.15, 0.2) is 11.0 Å². The predicted octanol–water partition coefficient (Wildman–Crippen LogP) is 5.80. The fourth-order valence-corrected chi connectivity index (χ4v) is 4.61. The van der Waals surface area contributed by atoms with Crippen molar-refractivity contribution in [3.63, 3.8) is 0 Å². The van der Waals surface area contributed by atoms with E-state index in [9.17, 15) is 4.79 Å². The Morgan fingerprint density at radius 1 is 1.25 bits per heavy atom. The van der Waals surface area contributed by atoms with Gasteiger partial charge in [0.05, 0.1) is 24.0 Å². The fourth-order valence-electron chi connectivity index (χ4n) is 3.17. The summed E-state index contributed by atoms with van der Waals surface area (Å²) in [7, 11) is 1.61. The van der Waals surface area contributed by atoms with Crippen LogP contribution in [0.4, 0.5) is 0 Å². The maximum atomic E-state index is 12.9. The Morgan fingerprint density at radius 3 is 2.69 bits per heavy atom. The molecular formula is C23H24Cl2N4O2S. The van der Waals surface area contributed by atoms with Crippen molar-refractivity contribution in [3.05, 3.63) is 70.7 Å². The van der Waals surface area contributed by atoms with Crippen molar-refractivity contribution < 1.29 is 9.53 Å². The molecule has 2 unspecified atom stereocenters. The smallest absolute Gasteiger partial charge is 0.233 e. The first-order chi connectivity index (χ1) is 15.3. The normalized spacial score (nSPS) is 12.8. The highest BCUT2D eigenvalue weighted by molar-refractivity contribution is 8.00. The first kappa shape index (κ1) is 24.2. The van der Waals surface area contributed by atoms with E-state index in [0.717, 1.165) is 11.1 Å². The number of amides is 1. The summed E-state index contributed by atoms with van der Waals surface area (Å²) in [6, 6.07) is 12.6. The minimum Gasteiger partial charge on any atom is -0.496 e. The molecule has 1 amide bonds. The number of hydrogen-bond donors (Lipinski definition) is 1. The number of allylic oxidation sites excluding steroid dienone is 1. The zero-order valence-electron chi connectivity index (χ0n) is 18.0. The van der Waals surface area contributed by atoms with Gasteiger partial charge in [0.25, 0.3) is 0 Å². The van der Waals surface area contributed by atoms with Crippen molar-refractivity contribution in [3.8, 4) is 17.1 Å². The van der Waals surface area contributed by atoms with Crippen LogP contribution in [-0.2, 0) is 11.3 Å². The van der Waals surface area contributed by atoms with Gasteiger partial charge in [-0.2, -0.15) is 0 Å². The van der Waals surface area contributed by atoms with Gasteiger partial charge >= 0.3 is 0 Å². The first-order valence-corrected chi connectivity index (χ1v) is 11.6. The number of nitrogens with one attached hydrogen (secondary N) is 1. The molecule has 168 valence electrons. The van der Waals surface area contributed by atoms with Crippen LogP contribution in [0.1, 0.15) is 25.5 Å². The number of methoxy groups -OCH3 is 1. The quantitative estimate of drug-likeness (QED) is 0.303. The summed E-state index contributed by atoms with van der Waals surface area (Å²) in [5.74, 6) is 1.21. The van der Waals surface area contributed by atoms with Crippen LogP contribution in [0.15, 0.2) is 60.3 Å². The van der Waals surface area contributed by atoms with Crippen molar-refractivity contribution in [2.45, 2.75) is 36.8 Å². The average Bonchev–Trinajstić information content (AvgIpc) is 3.15. The van der Waals surface area contributed by atoms with E-state index in [4.69, 9.17) is 27.9 Å². The molecule has 0 aliphatic carbocycles. The monoisotopic (exact) mass is 490 g/mol. The highest BCUT2D eigenvalue weighted by Gasteiger charge is 2.23. The largest absolute Gasteiger partial charge is 0.496 e. The van der Waals surface area contributed by atoms with Crippen LogP contribution in [-0.4, -0.2) is 33.0 Å². The van der Waals surface area contributed by atoms with Crippen LogP contribution >= 0.6 is 35.0 Å². The van der Waals surface area contributed by atoms with E-state index in [2.05, 4.69) is 22.1 Å². The van der Waals surface area contributed by atoms with Crippen molar-refractivity contribution in [1.82, 2.24) is 20.1 Å². The number of carbonyl (C=O) groups is 1. The number of carbonyl (C=O) groups excluding carboxylic acids is 1. The van der Waals surface area contributed by atoms with Crippen LogP contribution in [0.25, 0.3) is 11.4 Å². The van der Waals surface area contributed by atoms with E-state index in [1.165, 1.54) is 11.8 Å². The summed E-state index contributed by atoms with van der Waals surface area (Å²) in [5, 5.41) is 12.9. The van der Waals surface area contributed by atoms with Crippen LogP contribution in [0.2, 0.25) is 10.0 Å². The molecule has 1 heterocycles. The molecule has 6 nitrogen and oxygen atoms in total. The van der Waals surface area contributed by atoms with E-state index in [1.54, 1.807) is 25.3 Å². The number of halogens is 2. The topological polar surface area (TPSA) is 69.0 Å². The van der Waals surface area contributed by atoms with Crippen LogP contribution < -0.4 is 10.1 Å². The molecule has 0 aliphatic rings. The van der Waals surface area contributed by atoms with Crippen molar-refractivity contribution in [2.75, 3.05) is 7.11 Å². The Labute approximate surface area is 202 Å². The third-order valence-corrected chi connectivity index (χ3v) is 6.46. The zero-order chi connectivity index (χ0) is 23.3. The summed E-state index contributed by atoms with van der Waals surface area (Å²) in [6.07, 6.45) is 1.77. The minimum atomic E-state index is -0.415. The lowest BCUT2D eigenvalue weighted by Gasteiger charge is -2.19. The third-order valence-electron chi connectivity index (χ3n) is 4.82. The molecule has 0 saturated heterocycles. The number of nitrogens with zero attached hydrogens (tertiary/aromatic N) is 3. The van der Waals surface area contributed by atoms with Gasteiger partial charge in [0, 0.05) is 16.6 Å². The Kier molecular flexibility index (Phi) is 8.23. The minimum absolute atomic E-state index is 0.138. The van der Waals surface area contributed by atoms with Crippen LogP contribution in [0.5, 0.6) is 5.75 Å². The molecule has 2 aromatic carbocycles. The second-order valence-electron chi connectivity index (χ2n) is 7.06. The zero-order valence-corrected chi connectivity index (χ0v) is 20.3. The standard InChI is InChI=1S/C23H24Cl2N4O2S/c1-5-12-29-21(18-8-6-7-9-20(18)31-4)27-28-23(29)32-15(3)22(30)26-14(2)17-11-10-16(24)13-19(17)25/h5-11,13-15H,1,12H2,2-4H3,(H,26,30). The Balaban J connectivity index is 1.78. The molecule has 9 heteroatoms. The highest BCUT2D eigenvalue weighted by atomic mass is 35.5. The van der Waals surface area contributed by atoms with E-state index in [1.807, 2.05) is 48.7 Å². The number of thioether (sulfide) groups is 1. The summed E-state index contributed by atoms with van der Waals surface area (Å²) in [6.45, 7) is 8.04. The highest BCUT2D eigenvalue weighted by Crippen LogP contribution is 2.32. The molecule has 32 heavy (non-hydrogen) atoms. The molecule has 0 fully saturated rings. The second kappa shape index (κ2) is 10.9.